The van der Waals surface area contributed by atoms with Gasteiger partial charge in [-0.05, 0) is 52.2 Å². The number of rotatable bonds is 2. The van der Waals surface area contributed by atoms with Crippen molar-refractivity contribution in [3.8, 4) is 0 Å². The Balaban J connectivity index is 2.04. The van der Waals surface area contributed by atoms with Crippen LogP contribution < -0.4 is 5.32 Å². The Morgan fingerprint density at radius 1 is 1.12 bits per heavy atom. The molecule has 1 heterocycles. The van der Waals surface area contributed by atoms with Crippen LogP contribution in [-0.2, 0) is 4.74 Å². The maximum absolute atomic E-state index is 5.76. The zero-order valence-electron chi connectivity index (χ0n) is 11.3. The summed E-state index contributed by atoms with van der Waals surface area (Å²) in [4.78, 5) is 0. The van der Waals surface area contributed by atoms with Crippen molar-refractivity contribution in [3.05, 3.63) is 29.3 Å². The summed E-state index contributed by atoms with van der Waals surface area (Å²) in [6, 6.07) is 7.13. The highest BCUT2D eigenvalue weighted by Crippen LogP contribution is 2.24. The van der Waals surface area contributed by atoms with E-state index in [-0.39, 0.29) is 0 Å². The Hall–Kier alpha value is -1.02. The molecular weight excluding hydrogens is 210 g/mol. The summed E-state index contributed by atoms with van der Waals surface area (Å²) in [6.07, 6.45) is 2.92. The summed E-state index contributed by atoms with van der Waals surface area (Å²) in [5, 5.41) is 3.66. The Kier molecular flexibility index (Phi) is 3.72. The van der Waals surface area contributed by atoms with Crippen molar-refractivity contribution < 1.29 is 4.74 Å². The Morgan fingerprint density at radius 3 is 2.35 bits per heavy atom. The minimum Gasteiger partial charge on any atom is -0.382 e. The van der Waals surface area contributed by atoms with Crippen molar-refractivity contribution in [1.29, 1.82) is 0 Å². The number of benzene rings is 1. The van der Waals surface area contributed by atoms with Crippen LogP contribution in [0.25, 0.3) is 0 Å². The minimum absolute atomic E-state index is 0.363. The molecule has 17 heavy (non-hydrogen) atoms. The lowest BCUT2D eigenvalue weighted by atomic mass is 9.99. The van der Waals surface area contributed by atoms with Crippen molar-refractivity contribution in [2.45, 2.75) is 58.8 Å². The molecule has 2 heteroatoms. The van der Waals surface area contributed by atoms with Gasteiger partial charge >= 0.3 is 0 Å². The molecule has 0 radical (unpaired) electrons. The molecule has 2 nitrogen and oxygen atoms in total. The lowest BCUT2D eigenvalue weighted by Crippen LogP contribution is -2.37. The lowest BCUT2D eigenvalue weighted by molar-refractivity contribution is -0.0337. The summed E-state index contributed by atoms with van der Waals surface area (Å²) in [7, 11) is 0. The van der Waals surface area contributed by atoms with Crippen LogP contribution in [0.5, 0.6) is 0 Å². The molecular formula is C15H23NO. The van der Waals surface area contributed by atoms with Crippen molar-refractivity contribution >= 4 is 5.69 Å². The molecule has 0 aliphatic carbocycles. The molecule has 0 bridgehead atoms. The first-order valence-corrected chi connectivity index (χ1v) is 6.54. The van der Waals surface area contributed by atoms with Gasteiger partial charge in [-0.25, -0.2) is 0 Å². The van der Waals surface area contributed by atoms with Crippen molar-refractivity contribution in [2.75, 3.05) is 5.32 Å². The second kappa shape index (κ2) is 5.09. The van der Waals surface area contributed by atoms with Crippen LogP contribution in [0.3, 0.4) is 0 Å². The Morgan fingerprint density at radius 2 is 1.76 bits per heavy atom. The van der Waals surface area contributed by atoms with E-state index in [1.54, 1.807) is 0 Å². The minimum atomic E-state index is 0.363. The quantitative estimate of drug-likeness (QED) is 0.841. The third-order valence-corrected chi connectivity index (χ3v) is 3.44. The predicted octanol–water partition coefficient (Wildman–Crippen LogP) is 3.67. The average molecular weight is 233 g/mol. The fraction of sp³-hybridized carbons (Fsp3) is 0.600. The van der Waals surface area contributed by atoms with Gasteiger partial charge in [0.1, 0.15) is 0 Å². The molecule has 2 unspecified atom stereocenters. The van der Waals surface area contributed by atoms with E-state index in [2.05, 4.69) is 51.2 Å². The van der Waals surface area contributed by atoms with Crippen LogP contribution in [0, 0.1) is 13.8 Å². The highest BCUT2D eigenvalue weighted by atomic mass is 16.5. The van der Waals surface area contributed by atoms with Gasteiger partial charge in [0.25, 0.3) is 0 Å². The summed E-state index contributed by atoms with van der Waals surface area (Å²) < 4.78 is 5.76. The van der Waals surface area contributed by atoms with Gasteiger partial charge in [0, 0.05) is 11.7 Å². The van der Waals surface area contributed by atoms with E-state index in [0.717, 1.165) is 12.8 Å². The zero-order chi connectivity index (χ0) is 12.4. The topological polar surface area (TPSA) is 21.3 Å². The first-order valence-electron chi connectivity index (χ1n) is 6.54. The average Bonchev–Trinajstić information content (AvgIpc) is 2.21. The number of aryl methyl sites for hydroxylation is 2. The summed E-state index contributed by atoms with van der Waals surface area (Å²) in [6.45, 7) is 8.62. The second-order valence-electron chi connectivity index (χ2n) is 5.39. The van der Waals surface area contributed by atoms with Gasteiger partial charge in [-0.2, -0.15) is 0 Å². The molecule has 1 aliphatic heterocycles. The molecule has 1 aliphatic rings. The van der Waals surface area contributed by atoms with Gasteiger partial charge in [0.05, 0.1) is 12.2 Å². The number of hydrogen-bond donors (Lipinski definition) is 1. The van der Waals surface area contributed by atoms with Gasteiger partial charge in [0.2, 0.25) is 0 Å². The van der Waals surface area contributed by atoms with Gasteiger partial charge in [-0.15, -0.1) is 0 Å². The third kappa shape index (κ3) is 3.22. The van der Waals surface area contributed by atoms with Crippen LogP contribution >= 0.6 is 0 Å². The fourth-order valence-corrected chi connectivity index (χ4v) is 2.72. The molecule has 1 aromatic carbocycles. The first kappa shape index (κ1) is 12.4. The summed E-state index contributed by atoms with van der Waals surface area (Å²) in [5.74, 6) is 0. The maximum atomic E-state index is 5.76. The summed E-state index contributed by atoms with van der Waals surface area (Å²) >= 11 is 0. The lowest BCUT2D eigenvalue weighted by Gasteiger charge is -2.33. The largest absolute Gasteiger partial charge is 0.382 e. The predicted molar refractivity (Wildman–Crippen MR) is 72.6 cm³/mol. The van der Waals surface area contributed by atoms with Gasteiger partial charge in [-0.1, -0.05) is 17.7 Å². The van der Waals surface area contributed by atoms with E-state index in [4.69, 9.17) is 4.74 Å². The van der Waals surface area contributed by atoms with Crippen LogP contribution in [0.15, 0.2) is 18.2 Å². The Bertz CT molecular complexity index is 379. The van der Waals surface area contributed by atoms with E-state index >= 15 is 0 Å². The van der Waals surface area contributed by atoms with Crippen molar-refractivity contribution in [3.63, 3.8) is 0 Å². The van der Waals surface area contributed by atoms with Gasteiger partial charge in [0.15, 0.2) is 0 Å². The number of ether oxygens (including phenoxy) is 1. The van der Waals surface area contributed by atoms with Crippen LogP contribution in [-0.4, -0.2) is 18.2 Å². The summed E-state index contributed by atoms with van der Waals surface area (Å²) in [5.41, 5.74) is 3.92. The fourth-order valence-electron chi connectivity index (χ4n) is 2.72. The first-order chi connectivity index (χ1) is 8.04. The molecule has 94 valence electrons. The molecule has 1 aromatic rings. The van der Waals surface area contributed by atoms with Gasteiger partial charge in [-0.3, -0.25) is 0 Å². The van der Waals surface area contributed by atoms with Crippen molar-refractivity contribution in [1.82, 2.24) is 0 Å². The van der Waals surface area contributed by atoms with Crippen molar-refractivity contribution in [2.24, 2.45) is 0 Å². The van der Waals surface area contributed by atoms with E-state index in [1.165, 1.54) is 16.8 Å². The van der Waals surface area contributed by atoms with E-state index in [9.17, 15) is 0 Å². The molecule has 1 fully saturated rings. The van der Waals surface area contributed by atoms with E-state index in [1.807, 2.05) is 0 Å². The number of hydrogen-bond acceptors (Lipinski definition) is 2. The SMILES string of the molecule is Cc1ccc(NC2CC(C)OC(C)C2)c(C)c1. The molecule has 2 atom stereocenters. The highest BCUT2D eigenvalue weighted by molar-refractivity contribution is 5.52. The smallest absolute Gasteiger partial charge is 0.0570 e. The Labute approximate surface area is 104 Å². The molecule has 1 saturated heterocycles. The molecule has 0 aromatic heterocycles. The van der Waals surface area contributed by atoms with E-state index in [0.29, 0.717) is 18.2 Å². The van der Waals surface area contributed by atoms with Crippen LogP contribution in [0.1, 0.15) is 37.8 Å². The second-order valence-corrected chi connectivity index (χ2v) is 5.39. The number of anilines is 1. The van der Waals surface area contributed by atoms with Gasteiger partial charge < -0.3 is 10.1 Å². The molecule has 2 rings (SSSR count). The van der Waals surface area contributed by atoms with Crippen LogP contribution in [0.4, 0.5) is 5.69 Å². The maximum Gasteiger partial charge on any atom is 0.0570 e. The highest BCUT2D eigenvalue weighted by Gasteiger charge is 2.24. The molecule has 0 saturated carbocycles. The molecule has 0 amide bonds. The van der Waals surface area contributed by atoms with Crippen LogP contribution in [0.2, 0.25) is 0 Å². The zero-order valence-corrected chi connectivity index (χ0v) is 11.3. The monoisotopic (exact) mass is 233 g/mol. The third-order valence-electron chi connectivity index (χ3n) is 3.44. The van der Waals surface area contributed by atoms with E-state index < -0.39 is 0 Å². The number of nitrogens with one attached hydrogen (secondary N) is 1. The normalized spacial score (nSPS) is 29.1. The molecule has 0 spiro atoms. The standard InChI is InChI=1S/C15H23NO/c1-10-5-6-15(11(2)7-10)16-14-8-12(3)17-13(4)9-14/h5-7,12-14,16H,8-9H2,1-4H3. The molecule has 1 N–H and O–H groups in total.